The second-order valence-electron chi connectivity index (χ2n) is 4.89. The Balaban J connectivity index is 0.000000522. The van der Waals surface area contributed by atoms with Crippen LogP contribution >= 0.6 is 0 Å². The van der Waals surface area contributed by atoms with Crippen molar-refractivity contribution in [1.82, 2.24) is 0 Å². The average molecular weight is 328 g/mol. The fourth-order valence-electron chi connectivity index (χ4n) is 2.13. The predicted molar refractivity (Wildman–Crippen MR) is 93.4 cm³/mol. The summed E-state index contributed by atoms with van der Waals surface area (Å²) in [5.74, 6) is -0.823. The molecule has 2 aromatic carbocycles. The molecule has 0 atom stereocenters. The van der Waals surface area contributed by atoms with E-state index in [0.29, 0.717) is 23.0 Å². The summed E-state index contributed by atoms with van der Waals surface area (Å²) < 4.78 is 5.23. The van der Waals surface area contributed by atoms with Gasteiger partial charge >= 0.3 is 5.63 Å². The molecule has 0 aliphatic carbocycles. The molecule has 0 aliphatic rings. The van der Waals surface area contributed by atoms with E-state index < -0.39 is 11.6 Å². The van der Waals surface area contributed by atoms with Crippen LogP contribution in [0.15, 0.2) is 63.8 Å². The van der Waals surface area contributed by atoms with E-state index in [0.717, 1.165) is 12.5 Å². The van der Waals surface area contributed by atoms with E-state index in [1.54, 1.807) is 24.3 Å². The molecule has 0 unspecified atom stereocenters. The fourth-order valence-corrected chi connectivity index (χ4v) is 2.13. The molecule has 24 heavy (non-hydrogen) atoms. The number of carbonyl (C=O) groups is 1. The van der Waals surface area contributed by atoms with Crippen molar-refractivity contribution < 1.29 is 19.4 Å². The van der Waals surface area contributed by atoms with Crippen molar-refractivity contribution in [3.05, 3.63) is 76.1 Å². The molecule has 1 heterocycles. The van der Waals surface area contributed by atoms with E-state index in [1.807, 2.05) is 30.3 Å². The van der Waals surface area contributed by atoms with Gasteiger partial charge in [0, 0.05) is 13.3 Å². The minimum absolute atomic E-state index is 0. The third kappa shape index (κ3) is 4.71. The number of carboxylic acids is 1. The number of para-hydroxylation sites is 1. The lowest BCUT2D eigenvalue weighted by Crippen LogP contribution is -2.08. The Morgan fingerprint density at radius 1 is 1.04 bits per heavy atom. The number of aromatic hydroxyl groups is 1. The number of fused-ring (bicyclic) bond motifs is 1. The molecule has 0 saturated carbocycles. The zero-order valence-electron chi connectivity index (χ0n) is 12.5. The summed E-state index contributed by atoms with van der Waals surface area (Å²) in [4.78, 5) is 20.9. The van der Waals surface area contributed by atoms with Crippen LogP contribution in [0.1, 0.15) is 25.5 Å². The van der Waals surface area contributed by atoms with Crippen LogP contribution in [0.2, 0.25) is 0 Å². The van der Waals surface area contributed by atoms with E-state index in [9.17, 15) is 9.90 Å². The molecular formula is C19H20O5. The molecule has 1 aromatic heterocycles. The Kier molecular flexibility index (Phi) is 6.74. The molecular weight excluding hydrogens is 308 g/mol. The number of hydrogen-bond donors (Lipinski definition) is 2. The van der Waals surface area contributed by atoms with E-state index in [-0.39, 0.29) is 13.2 Å². The maximum Gasteiger partial charge on any atom is 0.343 e. The number of carboxylic acid groups (broad SMARTS) is 1. The van der Waals surface area contributed by atoms with Gasteiger partial charge in [0.25, 0.3) is 5.97 Å². The third-order valence-corrected chi connectivity index (χ3v) is 3.10. The highest BCUT2D eigenvalue weighted by atomic mass is 16.4. The smallest absolute Gasteiger partial charge is 0.343 e. The number of aliphatic carboxylic acids is 1. The monoisotopic (exact) mass is 328 g/mol. The van der Waals surface area contributed by atoms with Gasteiger partial charge in [0.1, 0.15) is 11.3 Å². The maximum atomic E-state index is 11.9. The van der Waals surface area contributed by atoms with Crippen LogP contribution in [-0.2, 0) is 11.2 Å². The topological polar surface area (TPSA) is 87.7 Å². The SMILES string of the molecule is C.CC(=O)O.O=c1oc2ccccc2c(O)c1Cc1ccccc1. The third-order valence-electron chi connectivity index (χ3n) is 3.10. The van der Waals surface area contributed by atoms with Crippen molar-refractivity contribution in [1.29, 1.82) is 0 Å². The number of rotatable bonds is 2. The summed E-state index contributed by atoms with van der Waals surface area (Å²) in [5, 5.41) is 18.2. The van der Waals surface area contributed by atoms with Gasteiger partial charge < -0.3 is 14.6 Å². The first-order valence-electron chi connectivity index (χ1n) is 6.96. The molecule has 3 aromatic rings. The lowest BCUT2D eigenvalue weighted by Gasteiger charge is -2.06. The second-order valence-corrected chi connectivity index (χ2v) is 4.89. The molecule has 0 radical (unpaired) electrons. The van der Waals surface area contributed by atoms with Gasteiger partial charge in [-0.05, 0) is 17.7 Å². The van der Waals surface area contributed by atoms with Crippen molar-refractivity contribution in [2.24, 2.45) is 0 Å². The summed E-state index contributed by atoms with van der Waals surface area (Å²) >= 11 is 0. The van der Waals surface area contributed by atoms with E-state index in [2.05, 4.69) is 0 Å². The summed E-state index contributed by atoms with van der Waals surface area (Å²) in [6, 6.07) is 16.5. The largest absolute Gasteiger partial charge is 0.507 e. The lowest BCUT2D eigenvalue weighted by molar-refractivity contribution is -0.134. The van der Waals surface area contributed by atoms with Gasteiger partial charge in [-0.3, -0.25) is 4.79 Å². The van der Waals surface area contributed by atoms with Crippen molar-refractivity contribution in [2.45, 2.75) is 20.8 Å². The molecule has 0 saturated heterocycles. The number of benzene rings is 2. The van der Waals surface area contributed by atoms with Gasteiger partial charge in [0.2, 0.25) is 0 Å². The molecule has 3 rings (SSSR count). The minimum atomic E-state index is -0.833. The van der Waals surface area contributed by atoms with Gasteiger partial charge in [0.15, 0.2) is 0 Å². The fraction of sp³-hybridized carbons (Fsp3) is 0.158. The summed E-state index contributed by atoms with van der Waals surface area (Å²) in [6.45, 7) is 1.08. The average Bonchev–Trinajstić information content (AvgIpc) is 2.52. The minimum Gasteiger partial charge on any atom is -0.507 e. The Bertz CT molecular complexity index is 862. The molecule has 0 bridgehead atoms. The van der Waals surface area contributed by atoms with Crippen LogP contribution in [0.3, 0.4) is 0 Å². The molecule has 126 valence electrons. The second kappa shape index (κ2) is 8.53. The van der Waals surface area contributed by atoms with Crippen LogP contribution < -0.4 is 5.63 Å². The highest BCUT2D eigenvalue weighted by molar-refractivity contribution is 5.84. The van der Waals surface area contributed by atoms with E-state index in [1.165, 1.54) is 0 Å². The molecule has 0 fully saturated rings. The molecule has 0 aliphatic heterocycles. The van der Waals surface area contributed by atoms with Gasteiger partial charge in [-0.15, -0.1) is 0 Å². The normalized spacial score (nSPS) is 9.54. The zero-order valence-corrected chi connectivity index (χ0v) is 12.5. The van der Waals surface area contributed by atoms with Crippen molar-refractivity contribution in [2.75, 3.05) is 0 Å². The molecule has 2 N–H and O–H groups in total. The first-order valence-corrected chi connectivity index (χ1v) is 6.96. The van der Waals surface area contributed by atoms with Crippen molar-refractivity contribution in [3.8, 4) is 5.75 Å². The van der Waals surface area contributed by atoms with Crippen LogP contribution in [0.25, 0.3) is 11.0 Å². The zero-order chi connectivity index (χ0) is 16.8. The Labute approximate surface area is 139 Å². The van der Waals surface area contributed by atoms with Gasteiger partial charge in [-0.1, -0.05) is 49.9 Å². The molecule has 0 amide bonds. The maximum absolute atomic E-state index is 11.9. The van der Waals surface area contributed by atoms with E-state index >= 15 is 0 Å². The Morgan fingerprint density at radius 2 is 1.58 bits per heavy atom. The van der Waals surface area contributed by atoms with Gasteiger partial charge in [-0.2, -0.15) is 0 Å². The summed E-state index contributed by atoms with van der Waals surface area (Å²) in [7, 11) is 0. The Morgan fingerprint density at radius 3 is 2.21 bits per heavy atom. The van der Waals surface area contributed by atoms with Crippen LogP contribution in [0, 0.1) is 0 Å². The lowest BCUT2D eigenvalue weighted by atomic mass is 10.0. The molecule has 0 spiro atoms. The van der Waals surface area contributed by atoms with Gasteiger partial charge in [-0.25, -0.2) is 4.79 Å². The molecule has 5 heteroatoms. The quantitative estimate of drug-likeness (QED) is 0.698. The van der Waals surface area contributed by atoms with Crippen LogP contribution in [0.5, 0.6) is 5.75 Å². The van der Waals surface area contributed by atoms with E-state index in [4.69, 9.17) is 14.3 Å². The highest BCUT2D eigenvalue weighted by Gasteiger charge is 2.13. The highest BCUT2D eigenvalue weighted by Crippen LogP contribution is 2.27. The first-order chi connectivity index (χ1) is 11.0. The summed E-state index contributed by atoms with van der Waals surface area (Å²) in [5.41, 5.74) is 1.17. The standard InChI is InChI=1S/C16H12O3.C2H4O2.CH4/c17-15-12-8-4-5-9-14(12)19-16(18)13(15)10-11-6-2-1-3-7-11;1-2(3)4;/h1-9,17H,10H2;1H3,(H,3,4);1H4. The predicted octanol–water partition coefficient (Wildman–Crippen LogP) is 3.82. The first kappa shape index (κ1) is 19.0. The van der Waals surface area contributed by atoms with Crippen LogP contribution in [-0.4, -0.2) is 16.2 Å². The van der Waals surface area contributed by atoms with Crippen molar-refractivity contribution >= 4 is 16.9 Å². The van der Waals surface area contributed by atoms with Crippen molar-refractivity contribution in [3.63, 3.8) is 0 Å². The molecule has 5 nitrogen and oxygen atoms in total. The van der Waals surface area contributed by atoms with Crippen LogP contribution in [0.4, 0.5) is 0 Å². The number of hydrogen-bond acceptors (Lipinski definition) is 4. The Hall–Kier alpha value is -3.08. The summed E-state index contributed by atoms with van der Waals surface area (Å²) in [6.07, 6.45) is 0.361. The van der Waals surface area contributed by atoms with Gasteiger partial charge in [0.05, 0.1) is 10.9 Å².